The lowest BCUT2D eigenvalue weighted by Gasteiger charge is -2.06. The van der Waals surface area contributed by atoms with E-state index in [0.29, 0.717) is 11.4 Å². The van der Waals surface area contributed by atoms with Crippen molar-refractivity contribution in [2.45, 2.75) is 13.1 Å². The van der Waals surface area contributed by atoms with E-state index in [4.69, 9.17) is 5.11 Å². The number of aromatic carboxylic acids is 1. The number of carbonyl (C=O) groups is 2. The van der Waals surface area contributed by atoms with Gasteiger partial charge in [0.25, 0.3) is 0 Å². The Morgan fingerprint density at radius 2 is 2.05 bits per heavy atom. The van der Waals surface area contributed by atoms with Crippen molar-refractivity contribution in [1.29, 1.82) is 0 Å². The molecule has 0 atom stereocenters. The van der Waals surface area contributed by atoms with Crippen LogP contribution in [0.5, 0.6) is 0 Å². The Morgan fingerprint density at radius 1 is 1.25 bits per heavy atom. The molecule has 0 saturated heterocycles. The molecule has 1 aromatic carbocycles. The van der Waals surface area contributed by atoms with E-state index in [1.54, 1.807) is 12.1 Å². The summed E-state index contributed by atoms with van der Waals surface area (Å²) in [7, 11) is 0. The van der Waals surface area contributed by atoms with Crippen LogP contribution in [-0.2, 0) is 13.1 Å². The van der Waals surface area contributed by atoms with Gasteiger partial charge in [-0.1, -0.05) is 17.3 Å². The maximum Gasteiger partial charge on any atom is 0.335 e. The van der Waals surface area contributed by atoms with Crippen molar-refractivity contribution in [3.63, 3.8) is 0 Å². The summed E-state index contributed by atoms with van der Waals surface area (Å²) in [4.78, 5) is 22.3. The van der Waals surface area contributed by atoms with E-state index in [9.17, 15) is 9.59 Å². The third-order valence-corrected chi connectivity index (χ3v) is 2.42. The molecule has 0 unspecified atom stereocenters. The minimum absolute atomic E-state index is 0.150. The third kappa shape index (κ3) is 3.77. The minimum Gasteiger partial charge on any atom is -0.478 e. The lowest BCUT2D eigenvalue weighted by Crippen LogP contribution is -2.34. The summed E-state index contributed by atoms with van der Waals surface area (Å²) in [6, 6.07) is 5.93. The molecule has 1 aromatic heterocycles. The first-order chi connectivity index (χ1) is 9.65. The van der Waals surface area contributed by atoms with Crippen LogP contribution in [0, 0.1) is 0 Å². The highest BCUT2D eigenvalue weighted by Crippen LogP contribution is 2.04. The molecule has 0 saturated carbocycles. The number of urea groups is 1. The Bertz CT molecular complexity index is 598. The quantitative estimate of drug-likeness (QED) is 0.602. The predicted molar refractivity (Wildman–Crippen MR) is 66.7 cm³/mol. The maximum atomic E-state index is 11.5. The van der Waals surface area contributed by atoms with Gasteiger partial charge in [0.05, 0.1) is 12.1 Å². The van der Waals surface area contributed by atoms with Crippen molar-refractivity contribution in [1.82, 2.24) is 31.3 Å². The average Bonchev–Trinajstić information content (AvgIpc) is 2.96. The molecule has 0 aliphatic heterocycles. The van der Waals surface area contributed by atoms with E-state index in [1.807, 2.05) is 0 Å². The van der Waals surface area contributed by atoms with Crippen LogP contribution in [0.3, 0.4) is 0 Å². The fraction of sp³-hybridized carbons (Fsp3) is 0.182. The van der Waals surface area contributed by atoms with Gasteiger partial charge >= 0.3 is 12.0 Å². The topological polar surface area (TPSA) is 133 Å². The number of aromatic amines is 1. The van der Waals surface area contributed by atoms with Gasteiger partial charge in [-0.2, -0.15) is 5.21 Å². The fourth-order valence-electron chi connectivity index (χ4n) is 1.48. The molecule has 0 spiro atoms. The van der Waals surface area contributed by atoms with Crippen molar-refractivity contribution in [3.8, 4) is 0 Å². The molecule has 0 aliphatic rings. The zero-order valence-electron chi connectivity index (χ0n) is 10.3. The zero-order chi connectivity index (χ0) is 14.4. The molecule has 20 heavy (non-hydrogen) atoms. The summed E-state index contributed by atoms with van der Waals surface area (Å²) < 4.78 is 0. The van der Waals surface area contributed by atoms with Gasteiger partial charge in [0.1, 0.15) is 0 Å². The van der Waals surface area contributed by atoms with E-state index in [-0.39, 0.29) is 18.7 Å². The molecule has 0 fully saturated rings. The second-order valence-corrected chi connectivity index (χ2v) is 3.87. The number of carboxylic acids is 1. The Morgan fingerprint density at radius 3 is 2.75 bits per heavy atom. The van der Waals surface area contributed by atoms with Crippen molar-refractivity contribution < 1.29 is 14.7 Å². The Hall–Kier alpha value is -2.97. The SMILES string of the molecule is O=C(NCc1cccc(C(=O)O)c1)NCc1nn[nH]n1. The molecule has 0 radical (unpaired) electrons. The maximum absolute atomic E-state index is 11.5. The molecular weight excluding hydrogens is 264 g/mol. The van der Waals surface area contributed by atoms with Crippen LogP contribution in [-0.4, -0.2) is 37.7 Å². The van der Waals surface area contributed by atoms with Gasteiger partial charge < -0.3 is 15.7 Å². The summed E-state index contributed by atoms with van der Waals surface area (Å²) in [6.07, 6.45) is 0. The van der Waals surface area contributed by atoms with Crippen molar-refractivity contribution >= 4 is 12.0 Å². The van der Waals surface area contributed by atoms with E-state index in [0.717, 1.165) is 0 Å². The van der Waals surface area contributed by atoms with Crippen molar-refractivity contribution in [2.75, 3.05) is 0 Å². The normalized spacial score (nSPS) is 10.0. The monoisotopic (exact) mass is 276 g/mol. The lowest BCUT2D eigenvalue weighted by atomic mass is 10.1. The van der Waals surface area contributed by atoms with Gasteiger partial charge in [-0.05, 0) is 17.7 Å². The largest absolute Gasteiger partial charge is 0.478 e. The standard InChI is InChI=1S/C11H12N6O3/c18-10(19)8-3-1-2-7(4-8)5-12-11(20)13-6-9-14-16-17-15-9/h1-4H,5-6H2,(H,18,19)(H2,12,13,20)(H,14,15,16,17). The molecule has 2 rings (SSSR count). The number of carboxylic acid groups (broad SMARTS) is 1. The summed E-state index contributed by atoms with van der Waals surface area (Å²) in [5.41, 5.74) is 0.871. The number of hydrogen-bond acceptors (Lipinski definition) is 5. The van der Waals surface area contributed by atoms with Gasteiger partial charge in [-0.15, -0.1) is 10.2 Å². The molecule has 0 aliphatic carbocycles. The van der Waals surface area contributed by atoms with Gasteiger partial charge in [0, 0.05) is 6.54 Å². The first kappa shape index (κ1) is 13.5. The number of rotatable bonds is 5. The lowest BCUT2D eigenvalue weighted by molar-refractivity contribution is 0.0696. The van der Waals surface area contributed by atoms with Crippen LogP contribution < -0.4 is 10.6 Å². The molecule has 0 bridgehead atoms. The molecule has 2 amide bonds. The number of benzene rings is 1. The van der Waals surface area contributed by atoms with E-state index < -0.39 is 12.0 Å². The van der Waals surface area contributed by atoms with Gasteiger partial charge in [0.15, 0.2) is 5.82 Å². The number of hydrogen-bond donors (Lipinski definition) is 4. The minimum atomic E-state index is -1.01. The Balaban J connectivity index is 1.81. The highest BCUT2D eigenvalue weighted by atomic mass is 16.4. The Kier molecular flexibility index (Phi) is 4.22. The predicted octanol–water partition coefficient (Wildman–Crippen LogP) is -0.103. The van der Waals surface area contributed by atoms with Crippen LogP contribution in [0.2, 0.25) is 0 Å². The van der Waals surface area contributed by atoms with Gasteiger partial charge in [-0.3, -0.25) is 0 Å². The summed E-state index contributed by atoms with van der Waals surface area (Å²) >= 11 is 0. The van der Waals surface area contributed by atoms with Gasteiger partial charge in [0.2, 0.25) is 0 Å². The highest BCUT2D eigenvalue weighted by Gasteiger charge is 2.05. The smallest absolute Gasteiger partial charge is 0.335 e. The first-order valence-electron chi connectivity index (χ1n) is 5.71. The summed E-state index contributed by atoms with van der Waals surface area (Å²) in [5.74, 6) is -0.638. The number of H-pyrrole nitrogens is 1. The van der Waals surface area contributed by atoms with Crippen LogP contribution in [0.4, 0.5) is 4.79 Å². The Labute approximate surface area is 113 Å². The zero-order valence-corrected chi connectivity index (χ0v) is 10.3. The summed E-state index contributed by atoms with van der Waals surface area (Å²) in [6.45, 7) is 0.372. The van der Waals surface area contributed by atoms with E-state index in [2.05, 4.69) is 31.3 Å². The number of nitrogens with one attached hydrogen (secondary N) is 3. The van der Waals surface area contributed by atoms with Crippen LogP contribution in [0.1, 0.15) is 21.7 Å². The van der Waals surface area contributed by atoms with Crippen LogP contribution in [0.15, 0.2) is 24.3 Å². The number of nitrogens with zero attached hydrogens (tertiary/aromatic N) is 3. The highest BCUT2D eigenvalue weighted by molar-refractivity contribution is 5.87. The van der Waals surface area contributed by atoms with Crippen molar-refractivity contribution in [3.05, 3.63) is 41.2 Å². The number of tetrazole rings is 1. The number of aromatic nitrogens is 4. The fourth-order valence-corrected chi connectivity index (χ4v) is 1.48. The molecule has 1 heterocycles. The molecule has 4 N–H and O–H groups in total. The van der Waals surface area contributed by atoms with Gasteiger partial charge in [-0.25, -0.2) is 9.59 Å². The van der Waals surface area contributed by atoms with Crippen molar-refractivity contribution in [2.24, 2.45) is 0 Å². The van der Waals surface area contributed by atoms with Crippen LogP contribution >= 0.6 is 0 Å². The molecule has 104 valence electrons. The van der Waals surface area contributed by atoms with E-state index in [1.165, 1.54) is 12.1 Å². The number of amides is 2. The molecule has 2 aromatic rings. The third-order valence-electron chi connectivity index (χ3n) is 2.42. The second-order valence-electron chi connectivity index (χ2n) is 3.87. The molecular formula is C11H12N6O3. The average molecular weight is 276 g/mol. The summed E-state index contributed by atoms with van der Waals surface area (Å²) in [5, 5.41) is 27.0. The molecule has 9 nitrogen and oxygen atoms in total. The van der Waals surface area contributed by atoms with E-state index >= 15 is 0 Å². The molecule has 9 heteroatoms. The second kappa shape index (κ2) is 6.27. The van der Waals surface area contributed by atoms with Crippen LogP contribution in [0.25, 0.3) is 0 Å². The first-order valence-corrected chi connectivity index (χ1v) is 5.71. The number of carbonyl (C=O) groups excluding carboxylic acids is 1.